The molecule has 118 valence electrons. The van der Waals surface area contributed by atoms with E-state index in [1.165, 1.54) is 0 Å². The number of amides is 1. The van der Waals surface area contributed by atoms with E-state index < -0.39 is 0 Å². The Hall–Kier alpha value is -0.690. The molecule has 1 fully saturated rings. The van der Waals surface area contributed by atoms with Crippen molar-refractivity contribution in [3.8, 4) is 0 Å². The number of carbonyl (C=O) groups is 1. The van der Waals surface area contributed by atoms with Gasteiger partial charge in [0.15, 0.2) is 0 Å². The van der Waals surface area contributed by atoms with Gasteiger partial charge in [0, 0.05) is 39.1 Å². The van der Waals surface area contributed by atoms with Gasteiger partial charge in [-0.2, -0.15) is 0 Å². The third kappa shape index (κ3) is 6.65. The van der Waals surface area contributed by atoms with Crippen molar-refractivity contribution in [2.75, 3.05) is 59.0 Å². The molecule has 1 heterocycles. The van der Waals surface area contributed by atoms with E-state index in [9.17, 15) is 9.90 Å². The number of hydrogen-bond donors (Lipinski definition) is 2. The molecular weight excluding hydrogens is 258 g/mol. The molecule has 1 aliphatic rings. The van der Waals surface area contributed by atoms with Gasteiger partial charge in [-0.15, -0.1) is 0 Å². The van der Waals surface area contributed by atoms with Crippen molar-refractivity contribution in [1.82, 2.24) is 15.1 Å². The standard InChI is InChI=1S/C14H29N3O3/c1-3-16(4-2)12-13(18)11-15-6-5-14(19)17-7-9-20-10-8-17/h13,15,18H,3-12H2,1-2H3. The topological polar surface area (TPSA) is 65.0 Å². The normalized spacial score (nSPS) is 17.5. The van der Waals surface area contributed by atoms with Crippen LogP contribution in [0, 0.1) is 0 Å². The number of aliphatic hydroxyl groups excluding tert-OH is 1. The Kier molecular flexibility index (Phi) is 8.77. The Labute approximate surface area is 122 Å². The van der Waals surface area contributed by atoms with Crippen molar-refractivity contribution in [2.45, 2.75) is 26.4 Å². The highest BCUT2D eigenvalue weighted by Gasteiger charge is 2.16. The molecule has 1 amide bonds. The molecule has 0 saturated carbocycles. The number of carbonyl (C=O) groups excluding carboxylic acids is 1. The Morgan fingerprint density at radius 1 is 1.35 bits per heavy atom. The smallest absolute Gasteiger partial charge is 0.224 e. The molecule has 0 aromatic carbocycles. The van der Waals surface area contributed by atoms with Crippen LogP contribution in [0.25, 0.3) is 0 Å². The van der Waals surface area contributed by atoms with Gasteiger partial charge < -0.3 is 25.0 Å². The molecule has 1 unspecified atom stereocenters. The summed E-state index contributed by atoms with van der Waals surface area (Å²) in [6, 6.07) is 0. The lowest BCUT2D eigenvalue weighted by molar-refractivity contribution is -0.135. The molecule has 6 heteroatoms. The van der Waals surface area contributed by atoms with Gasteiger partial charge in [0.05, 0.1) is 19.3 Å². The summed E-state index contributed by atoms with van der Waals surface area (Å²) in [5.41, 5.74) is 0. The Balaban J connectivity index is 2.07. The molecule has 0 radical (unpaired) electrons. The number of likely N-dealkylation sites (N-methyl/N-ethyl adjacent to an activating group) is 1. The van der Waals surface area contributed by atoms with E-state index in [0.717, 1.165) is 13.1 Å². The zero-order chi connectivity index (χ0) is 14.8. The lowest BCUT2D eigenvalue weighted by atomic mass is 10.3. The average Bonchev–Trinajstić information content (AvgIpc) is 2.49. The molecule has 1 aliphatic heterocycles. The summed E-state index contributed by atoms with van der Waals surface area (Å²) in [4.78, 5) is 15.9. The third-order valence-corrected chi connectivity index (χ3v) is 3.62. The monoisotopic (exact) mass is 287 g/mol. The number of aliphatic hydroxyl groups is 1. The molecule has 1 saturated heterocycles. The second kappa shape index (κ2) is 10.1. The summed E-state index contributed by atoms with van der Waals surface area (Å²) in [6.45, 7) is 10.6. The molecule has 0 aromatic rings. The first-order chi connectivity index (χ1) is 9.67. The van der Waals surface area contributed by atoms with E-state index in [1.807, 2.05) is 4.90 Å². The van der Waals surface area contributed by atoms with Crippen LogP contribution in [0.1, 0.15) is 20.3 Å². The average molecular weight is 287 g/mol. The highest BCUT2D eigenvalue weighted by molar-refractivity contribution is 5.76. The van der Waals surface area contributed by atoms with Crippen molar-refractivity contribution in [3.63, 3.8) is 0 Å². The summed E-state index contributed by atoms with van der Waals surface area (Å²) >= 11 is 0. The zero-order valence-electron chi connectivity index (χ0n) is 12.8. The number of ether oxygens (including phenoxy) is 1. The van der Waals surface area contributed by atoms with Crippen LogP contribution < -0.4 is 5.32 Å². The maximum Gasteiger partial charge on any atom is 0.224 e. The number of nitrogens with one attached hydrogen (secondary N) is 1. The van der Waals surface area contributed by atoms with Crippen LogP contribution in [0.15, 0.2) is 0 Å². The molecular formula is C14H29N3O3. The van der Waals surface area contributed by atoms with Crippen molar-refractivity contribution in [1.29, 1.82) is 0 Å². The van der Waals surface area contributed by atoms with E-state index in [0.29, 0.717) is 52.4 Å². The van der Waals surface area contributed by atoms with Gasteiger partial charge in [-0.3, -0.25) is 4.79 Å². The summed E-state index contributed by atoms with van der Waals surface area (Å²) < 4.78 is 5.22. The Morgan fingerprint density at radius 3 is 2.60 bits per heavy atom. The van der Waals surface area contributed by atoms with Crippen molar-refractivity contribution < 1.29 is 14.6 Å². The number of hydrogen-bond acceptors (Lipinski definition) is 5. The minimum atomic E-state index is -0.381. The quantitative estimate of drug-likeness (QED) is 0.561. The second-order valence-corrected chi connectivity index (χ2v) is 5.09. The molecule has 20 heavy (non-hydrogen) atoms. The molecule has 2 N–H and O–H groups in total. The highest BCUT2D eigenvalue weighted by atomic mass is 16.5. The molecule has 0 aromatic heterocycles. The number of morpholine rings is 1. The van der Waals surface area contributed by atoms with Crippen LogP contribution in [-0.2, 0) is 9.53 Å². The molecule has 1 rings (SSSR count). The number of rotatable bonds is 9. The fraction of sp³-hybridized carbons (Fsp3) is 0.929. The second-order valence-electron chi connectivity index (χ2n) is 5.09. The van der Waals surface area contributed by atoms with Gasteiger partial charge in [-0.25, -0.2) is 0 Å². The highest BCUT2D eigenvalue weighted by Crippen LogP contribution is 1.99. The van der Waals surface area contributed by atoms with Crippen molar-refractivity contribution >= 4 is 5.91 Å². The van der Waals surface area contributed by atoms with Crippen LogP contribution in [0.5, 0.6) is 0 Å². The van der Waals surface area contributed by atoms with Crippen molar-refractivity contribution in [2.24, 2.45) is 0 Å². The minimum Gasteiger partial charge on any atom is -0.390 e. The van der Waals surface area contributed by atoms with Gasteiger partial charge >= 0.3 is 0 Å². The summed E-state index contributed by atoms with van der Waals surface area (Å²) in [5, 5.41) is 13.0. The molecule has 0 aliphatic carbocycles. The summed E-state index contributed by atoms with van der Waals surface area (Å²) in [5.74, 6) is 0.166. The Morgan fingerprint density at radius 2 is 2.00 bits per heavy atom. The third-order valence-electron chi connectivity index (χ3n) is 3.62. The van der Waals surface area contributed by atoms with Crippen molar-refractivity contribution in [3.05, 3.63) is 0 Å². The predicted molar refractivity (Wildman–Crippen MR) is 78.7 cm³/mol. The Bertz CT molecular complexity index is 266. The fourth-order valence-electron chi connectivity index (χ4n) is 2.28. The zero-order valence-corrected chi connectivity index (χ0v) is 12.8. The van der Waals surface area contributed by atoms with Crippen LogP contribution in [0.3, 0.4) is 0 Å². The van der Waals surface area contributed by atoms with Gasteiger partial charge in [0.1, 0.15) is 0 Å². The van der Waals surface area contributed by atoms with Gasteiger partial charge in [-0.05, 0) is 13.1 Å². The predicted octanol–water partition coefficient (Wildman–Crippen LogP) is -0.472. The summed E-state index contributed by atoms with van der Waals surface area (Å²) in [6.07, 6.45) is 0.103. The first-order valence-corrected chi connectivity index (χ1v) is 7.64. The van der Waals surface area contributed by atoms with E-state index in [2.05, 4.69) is 24.1 Å². The van der Waals surface area contributed by atoms with Crippen LogP contribution in [-0.4, -0.2) is 85.9 Å². The lowest BCUT2D eigenvalue weighted by Crippen LogP contribution is -2.42. The summed E-state index contributed by atoms with van der Waals surface area (Å²) in [7, 11) is 0. The van der Waals surface area contributed by atoms with Crippen LogP contribution >= 0.6 is 0 Å². The SMILES string of the molecule is CCN(CC)CC(O)CNCCC(=O)N1CCOCC1. The first-order valence-electron chi connectivity index (χ1n) is 7.64. The first kappa shape index (κ1) is 17.4. The van der Waals surface area contributed by atoms with Gasteiger partial charge in [0.2, 0.25) is 5.91 Å². The van der Waals surface area contributed by atoms with Gasteiger partial charge in [0.25, 0.3) is 0 Å². The minimum absolute atomic E-state index is 0.166. The maximum atomic E-state index is 11.9. The lowest BCUT2D eigenvalue weighted by Gasteiger charge is -2.27. The van der Waals surface area contributed by atoms with Crippen LogP contribution in [0.4, 0.5) is 0 Å². The van der Waals surface area contributed by atoms with E-state index >= 15 is 0 Å². The maximum absolute atomic E-state index is 11.9. The molecule has 6 nitrogen and oxygen atoms in total. The molecule has 1 atom stereocenters. The molecule has 0 bridgehead atoms. The largest absolute Gasteiger partial charge is 0.390 e. The van der Waals surface area contributed by atoms with Gasteiger partial charge in [-0.1, -0.05) is 13.8 Å². The fourth-order valence-corrected chi connectivity index (χ4v) is 2.28. The van der Waals surface area contributed by atoms with E-state index in [1.54, 1.807) is 0 Å². The molecule has 0 spiro atoms. The van der Waals surface area contributed by atoms with E-state index in [-0.39, 0.29) is 12.0 Å². The van der Waals surface area contributed by atoms with E-state index in [4.69, 9.17) is 4.74 Å². The van der Waals surface area contributed by atoms with Crippen LogP contribution in [0.2, 0.25) is 0 Å². The number of nitrogens with zero attached hydrogens (tertiary/aromatic N) is 2.